The van der Waals surface area contributed by atoms with Gasteiger partial charge in [-0.1, -0.05) is 275 Å². The topological polar surface area (TPSA) is 307 Å². The van der Waals surface area contributed by atoms with Gasteiger partial charge in [0.2, 0.25) is 5.91 Å². The minimum atomic E-state index is -1.97. The summed E-state index contributed by atoms with van der Waals surface area (Å²) in [6, 6.07) is -0.885. The maximum absolute atomic E-state index is 13.4. The van der Waals surface area contributed by atoms with Crippen molar-refractivity contribution < 1.29 is 89.4 Å². The van der Waals surface area contributed by atoms with Crippen molar-refractivity contribution in [3.05, 3.63) is 36.5 Å². The molecule has 3 saturated heterocycles. The SMILES string of the molecule is CCCCCCC/C=C\C/C=C\C/C=C\CCCCCCCCCCCCCCCCCCCCCCC(=O)NC(COC1OC(CO)C(OC2OC(CO)C(OC3OC(CO)C(O)C(O)C3O)C(O)C2O)C(O)C1O)C(O)CCCCCCCCCCCCCCC. The summed E-state index contributed by atoms with van der Waals surface area (Å²) in [5.41, 5.74) is 0. The number of nitrogens with one attached hydrogen (secondary N) is 1. The summed E-state index contributed by atoms with van der Waals surface area (Å²) < 4.78 is 34.4. The monoisotopic (exact) mass is 1330 g/mol. The van der Waals surface area contributed by atoms with Crippen molar-refractivity contribution in [2.75, 3.05) is 26.4 Å². The minimum Gasteiger partial charge on any atom is -0.394 e. The molecule has 0 saturated carbocycles. The number of hydrogen-bond donors (Lipinski definition) is 12. The van der Waals surface area contributed by atoms with Gasteiger partial charge < -0.3 is 89.9 Å². The molecule has 19 nitrogen and oxygen atoms in total. The summed E-state index contributed by atoms with van der Waals surface area (Å²) in [5.74, 6) is -0.239. The Morgan fingerprint density at radius 1 is 0.387 bits per heavy atom. The molecule has 3 aliphatic heterocycles. The lowest BCUT2D eigenvalue weighted by atomic mass is 9.96. The van der Waals surface area contributed by atoms with Crippen LogP contribution in [0, 0.1) is 0 Å². The van der Waals surface area contributed by atoms with E-state index in [1.165, 1.54) is 205 Å². The van der Waals surface area contributed by atoms with E-state index in [0.29, 0.717) is 12.8 Å². The number of aliphatic hydroxyl groups is 11. The van der Waals surface area contributed by atoms with Crippen LogP contribution in [0.3, 0.4) is 0 Å². The lowest BCUT2D eigenvalue weighted by molar-refractivity contribution is -0.379. The van der Waals surface area contributed by atoms with Gasteiger partial charge >= 0.3 is 0 Å². The van der Waals surface area contributed by atoms with Crippen molar-refractivity contribution in [3.8, 4) is 0 Å². The number of aliphatic hydroxyl groups excluding tert-OH is 11. The first-order valence-corrected chi connectivity index (χ1v) is 37.7. The van der Waals surface area contributed by atoms with Gasteiger partial charge in [0, 0.05) is 6.42 Å². The Morgan fingerprint density at radius 3 is 1.11 bits per heavy atom. The minimum absolute atomic E-state index is 0.239. The van der Waals surface area contributed by atoms with Gasteiger partial charge in [0.15, 0.2) is 18.9 Å². The van der Waals surface area contributed by atoms with Crippen LogP contribution in [0.2, 0.25) is 0 Å². The summed E-state index contributed by atoms with van der Waals surface area (Å²) in [5, 5.41) is 121. The number of unbranched alkanes of at least 4 members (excludes halogenated alkanes) is 37. The molecule has 17 atom stereocenters. The first-order chi connectivity index (χ1) is 45.3. The Morgan fingerprint density at radius 2 is 0.710 bits per heavy atom. The summed E-state index contributed by atoms with van der Waals surface area (Å²) in [6.07, 6.45) is 39.6. The zero-order valence-corrected chi connectivity index (χ0v) is 58.0. The average Bonchev–Trinajstić information content (AvgIpc) is 0.842. The zero-order chi connectivity index (χ0) is 67.5. The molecule has 0 aromatic heterocycles. The van der Waals surface area contributed by atoms with Crippen molar-refractivity contribution in [2.24, 2.45) is 0 Å². The number of carbonyl (C=O) groups excluding carboxylic acids is 1. The molecule has 0 aromatic rings. The van der Waals surface area contributed by atoms with Crippen LogP contribution in [-0.4, -0.2) is 193 Å². The van der Waals surface area contributed by atoms with E-state index in [2.05, 4.69) is 55.6 Å². The van der Waals surface area contributed by atoms with Crippen LogP contribution in [-0.2, 0) is 33.2 Å². The van der Waals surface area contributed by atoms with E-state index in [0.717, 1.165) is 57.8 Å². The fourth-order valence-electron chi connectivity index (χ4n) is 12.9. The third-order valence-electron chi connectivity index (χ3n) is 19.0. The average molecular weight is 1330 g/mol. The van der Waals surface area contributed by atoms with Gasteiger partial charge in [0.1, 0.15) is 73.2 Å². The van der Waals surface area contributed by atoms with E-state index in [4.69, 9.17) is 28.4 Å². The summed E-state index contributed by atoms with van der Waals surface area (Å²) >= 11 is 0. The second-order valence-electron chi connectivity index (χ2n) is 27.1. The summed E-state index contributed by atoms with van der Waals surface area (Å²) in [4.78, 5) is 13.4. The molecule has 0 bridgehead atoms. The van der Waals surface area contributed by atoms with Crippen molar-refractivity contribution in [1.29, 1.82) is 0 Å². The van der Waals surface area contributed by atoms with E-state index in [1.54, 1.807) is 0 Å². The van der Waals surface area contributed by atoms with Crippen LogP contribution in [0.25, 0.3) is 0 Å². The van der Waals surface area contributed by atoms with Crippen LogP contribution in [0.1, 0.15) is 296 Å². The fraction of sp³-hybridized carbons (Fsp3) is 0.905. The van der Waals surface area contributed by atoms with Crippen LogP contribution < -0.4 is 5.32 Å². The molecule has 0 radical (unpaired) electrons. The molecule has 12 N–H and O–H groups in total. The van der Waals surface area contributed by atoms with E-state index in [9.17, 15) is 61.0 Å². The number of hydrogen-bond acceptors (Lipinski definition) is 18. The number of carbonyl (C=O) groups is 1. The van der Waals surface area contributed by atoms with Gasteiger partial charge in [0.05, 0.1) is 38.6 Å². The van der Waals surface area contributed by atoms with E-state index in [1.807, 2.05) is 0 Å². The van der Waals surface area contributed by atoms with Crippen LogP contribution >= 0.6 is 0 Å². The van der Waals surface area contributed by atoms with Crippen molar-refractivity contribution >= 4 is 5.91 Å². The van der Waals surface area contributed by atoms with Crippen LogP contribution in [0.15, 0.2) is 36.5 Å². The Kier molecular flexibility index (Phi) is 51.2. The highest BCUT2D eigenvalue weighted by Crippen LogP contribution is 2.33. The fourth-order valence-corrected chi connectivity index (χ4v) is 12.9. The van der Waals surface area contributed by atoms with Crippen molar-refractivity contribution in [1.82, 2.24) is 5.32 Å². The molecular formula is C74H137NO18. The Labute approximate surface area is 561 Å². The smallest absolute Gasteiger partial charge is 0.220 e. The third-order valence-corrected chi connectivity index (χ3v) is 19.0. The van der Waals surface area contributed by atoms with Gasteiger partial charge in [-0.2, -0.15) is 0 Å². The molecule has 0 aliphatic carbocycles. The standard InChI is InChI=1S/C74H137NO18/c1-3-5-7-9-11-13-15-17-18-19-20-21-22-23-24-25-26-27-28-29-30-31-32-33-34-35-36-37-38-40-42-44-46-48-50-52-62(80)75-57(58(79)51-49-47-45-43-41-39-16-14-12-10-8-6-4-2)56-88-72-68(86)65(83)70(60(54-77)90-72)93-74-69(87)66(84)71(61(55-78)91-74)92-73-67(85)64(82)63(81)59(53-76)89-73/h15,17,19-20,22-23,57-61,63-74,76-79,81-87H,3-14,16,18,21,24-56H2,1-2H3,(H,75,80)/b17-15-,20-19-,23-22-. The molecule has 3 heterocycles. The first-order valence-electron chi connectivity index (χ1n) is 37.7. The molecule has 1 amide bonds. The van der Waals surface area contributed by atoms with Crippen molar-refractivity contribution in [3.63, 3.8) is 0 Å². The summed E-state index contributed by atoms with van der Waals surface area (Å²) in [7, 11) is 0. The molecule has 3 aliphatic rings. The number of rotatable bonds is 59. The van der Waals surface area contributed by atoms with Crippen LogP contribution in [0.5, 0.6) is 0 Å². The second-order valence-corrected chi connectivity index (χ2v) is 27.1. The number of ether oxygens (including phenoxy) is 6. The maximum Gasteiger partial charge on any atom is 0.220 e. The molecule has 3 fully saturated rings. The highest BCUT2D eigenvalue weighted by molar-refractivity contribution is 5.76. The van der Waals surface area contributed by atoms with Crippen LogP contribution in [0.4, 0.5) is 0 Å². The summed E-state index contributed by atoms with van der Waals surface area (Å²) in [6.45, 7) is 1.80. The molecule has 3 rings (SSSR count). The Balaban J connectivity index is 1.32. The van der Waals surface area contributed by atoms with E-state index >= 15 is 0 Å². The molecule has 17 unspecified atom stereocenters. The zero-order valence-electron chi connectivity index (χ0n) is 58.0. The third kappa shape index (κ3) is 37.1. The molecule has 0 spiro atoms. The van der Waals surface area contributed by atoms with Gasteiger partial charge in [-0.15, -0.1) is 0 Å². The van der Waals surface area contributed by atoms with Gasteiger partial charge in [0.25, 0.3) is 0 Å². The normalized spacial score (nSPS) is 27.7. The molecule has 0 aromatic carbocycles. The van der Waals surface area contributed by atoms with Gasteiger partial charge in [-0.3, -0.25) is 4.79 Å². The number of amides is 1. The quantitative estimate of drug-likeness (QED) is 0.0199. The Hall–Kier alpha value is -1.99. The second kappa shape index (κ2) is 55.8. The van der Waals surface area contributed by atoms with E-state index < -0.39 is 124 Å². The maximum atomic E-state index is 13.4. The van der Waals surface area contributed by atoms with E-state index in [-0.39, 0.29) is 18.9 Å². The highest BCUT2D eigenvalue weighted by Gasteiger charge is 2.53. The predicted octanol–water partition coefficient (Wildman–Crippen LogP) is 11.2. The van der Waals surface area contributed by atoms with Gasteiger partial charge in [-0.05, 0) is 51.4 Å². The predicted molar refractivity (Wildman–Crippen MR) is 365 cm³/mol. The largest absolute Gasteiger partial charge is 0.394 e. The highest BCUT2D eigenvalue weighted by atomic mass is 16.8. The Bertz CT molecular complexity index is 1830. The molecular weight excluding hydrogens is 1190 g/mol. The molecule has 546 valence electrons. The first kappa shape index (κ1) is 85.2. The lowest BCUT2D eigenvalue weighted by Gasteiger charge is -2.48. The number of allylic oxidation sites excluding steroid dienone is 6. The lowest BCUT2D eigenvalue weighted by Crippen LogP contribution is -2.66. The van der Waals surface area contributed by atoms with Gasteiger partial charge in [-0.25, -0.2) is 0 Å². The van der Waals surface area contributed by atoms with Crippen molar-refractivity contribution in [2.45, 2.75) is 401 Å². The molecule has 93 heavy (non-hydrogen) atoms. The molecule has 19 heteroatoms.